The minimum absolute atomic E-state index is 0.0227. The van der Waals surface area contributed by atoms with Gasteiger partial charge in [0, 0.05) is 11.3 Å². The van der Waals surface area contributed by atoms with Crippen LogP contribution in [0.4, 0.5) is 0 Å². The summed E-state index contributed by atoms with van der Waals surface area (Å²) in [7, 11) is 0. The molecular weight excluding hydrogens is 266 g/mol. The van der Waals surface area contributed by atoms with Crippen LogP contribution in [0.1, 0.15) is 57.4 Å². The Hall–Kier alpha value is -2.49. The van der Waals surface area contributed by atoms with Crippen LogP contribution in [-0.2, 0) is 0 Å². The first-order chi connectivity index (χ1) is 9.90. The molecule has 0 saturated carbocycles. The maximum atomic E-state index is 12.5. The fourth-order valence-corrected chi connectivity index (χ4v) is 2.10. The molecule has 1 heterocycles. The Balaban J connectivity index is 2.53. The average Bonchev–Trinajstić information content (AvgIpc) is 2.45. The van der Waals surface area contributed by atoms with Crippen molar-refractivity contribution in [2.24, 2.45) is 0 Å². The van der Waals surface area contributed by atoms with Crippen LogP contribution in [0.2, 0.25) is 0 Å². The topological polar surface area (TPSA) is 67.3 Å². The lowest BCUT2D eigenvalue weighted by Gasteiger charge is -2.10. The van der Waals surface area contributed by atoms with Gasteiger partial charge in [-0.1, -0.05) is 26.0 Å². The van der Waals surface area contributed by atoms with Crippen LogP contribution in [0.25, 0.3) is 0 Å². The van der Waals surface area contributed by atoms with Crippen molar-refractivity contribution in [2.75, 3.05) is 0 Å². The zero-order chi connectivity index (χ0) is 15.6. The monoisotopic (exact) mass is 283 g/mol. The van der Waals surface area contributed by atoms with Crippen LogP contribution in [-0.4, -0.2) is 21.8 Å². The molecule has 1 N–H and O–H groups in total. The van der Waals surface area contributed by atoms with Crippen LogP contribution in [0.15, 0.2) is 36.4 Å². The van der Waals surface area contributed by atoms with E-state index >= 15 is 0 Å². The number of aromatic nitrogens is 1. The summed E-state index contributed by atoms with van der Waals surface area (Å²) in [6.45, 7) is 5.74. The van der Waals surface area contributed by atoms with E-state index < -0.39 is 5.97 Å². The molecular formula is C17H17NO3. The molecule has 0 unspecified atom stereocenters. The summed E-state index contributed by atoms with van der Waals surface area (Å²) >= 11 is 0. The van der Waals surface area contributed by atoms with E-state index in [4.69, 9.17) is 0 Å². The quantitative estimate of drug-likeness (QED) is 0.873. The highest BCUT2D eigenvalue weighted by Crippen LogP contribution is 2.21. The van der Waals surface area contributed by atoms with Crippen molar-refractivity contribution in [1.82, 2.24) is 4.98 Å². The van der Waals surface area contributed by atoms with Crippen molar-refractivity contribution >= 4 is 11.8 Å². The first kappa shape index (κ1) is 14.9. The van der Waals surface area contributed by atoms with Gasteiger partial charge in [0.05, 0.1) is 5.56 Å². The molecule has 4 heteroatoms. The van der Waals surface area contributed by atoms with E-state index in [-0.39, 0.29) is 28.5 Å². The van der Waals surface area contributed by atoms with E-state index in [9.17, 15) is 14.7 Å². The number of benzene rings is 1. The summed E-state index contributed by atoms with van der Waals surface area (Å²) in [5.74, 6) is -1.27. The number of hydrogen-bond donors (Lipinski definition) is 1. The van der Waals surface area contributed by atoms with Crippen molar-refractivity contribution < 1.29 is 14.7 Å². The summed E-state index contributed by atoms with van der Waals surface area (Å²) in [6, 6.07) is 10.0. The van der Waals surface area contributed by atoms with Gasteiger partial charge in [-0.15, -0.1) is 0 Å². The van der Waals surface area contributed by atoms with Gasteiger partial charge in [-0.05, 0) is 42.7 Å². The highest BCUT2D eigenvalue weighted by Gasteiger charge is 2.20. The van der Waals surface area contributed by atoms with Gasteiger partial charge in [0.2, 0.25) is 5.78 Å². The normalized spacial score (nSPS) is 10.7. The summed E-state index contributed by atoms with van der Waals surface area (Å²) in [5, 5.41) is 9.35. The Morgan fingerprint density at radius 3 is 2.38 bits per heavy atom. The van der Waals surface area contributed by atoms with Crippen molar-refractivity contribution in [3.63, 3.8) is 0 Å². The molecule has 21 heavy (non-hydrogen) atoms. The molecule has 1 aromatic heterocycles. The largest absolute Gasteiger partial charge is 0.478 e. The molecule has 0 bridgehead atoms. The standard InChI is InChI=1S/C17H17NO3/c1-10(2)12-7-8-13(14(9-12)17(20)21)16(19)15-6-4-5-11(3)18-15/h4-10H,1-3H3,(H,20,21). The highest BCUT2D eigenvalue weighted by atomic mass is 16.4. The number of pyridine rings is 1. The van der Waals surface area contributed by atoms with Gasteiger partial charge in [-0.3, -0.25) is 4.79 Å². The Morgan fingerprint density at radius 2 is 1.81 bits per heavy atom. The van der Waals surface area contributed by atoms with E-state index in [1.54, 1.807) is 43.3 Å². The van der Waals surface area contributed by atoms with E-state index in [0.717, 1.165) is 11.3 Å². The third kappa shape index (κ3) is 3.16. The van der Waals surface area contributed by atoms with Crippen LogP contribution in [0, 0.1) is 6.92 Å². The number of aromatic carboxylic acids is 1. The van der Waals surface area contributed by atoms with Crippen LogP contribution >= 0.6 is 0 Å². The molecule has 2 rings (SSSR count). The smallest absolute Gasteiger partial charge is 0.336 e. The zero-order valence-corrected chi connectivity index (χ0v) is 12.3. The van der Waals surface area contributed by atoms with Gasteiger partial charge in [-0.25, -0.2) is 9.78 Å². The Labute approximate surface area is 123 Å². The molecule has 108 valence electrons. The lowest BCUT2D eigenvalue weighted by atomic mass is 9.94. The molecule has 4 nitrogen and oxygen atoms in total. The molecule has 1 aromatic carbocycles. The lowest BCUT2D eigenvalue weighted by Crippen LogP contribution is -2.12. The molecule has 0 spiro atoms. The number of nitrogens with zero attached hydrogens (tertiary/aromatic N) is 1. The second-order valence-electron chi connectivity index (χ2n) is 5.26. The molecule has 0 amide bonds. The molecule has 0 atom stereocenters. The van der Waals surface area contributed by atoms with Gasteiger partial charge < -0.3 is 5.11 Å². The summed E-state index contributed by atoms with van der Waals surface area (Å²) < 4.78 is 0. The third-order valence-corrected chi connectivity index (χ3v) is 3.31. The van der Waals surface area contributed by atoms with Gasteiger partial charge in [0.25, 0.3) is 0 Å². The minimum atomic E-state index is -1.10. The molecule has 2 aromatic rings. The molecule has 0 fully saturated rings. The molecule has 0 aliphatic heterocycles. The van der Waals surface area contributed by atoms with Crippen LogP contribution in [0.3, 0.4) is 0 Å². The number of carboxylic acids is 1. The second-order valence-corrected chi connectivity index (χ2v) is 5.26. The predicted octanol–water partition coefficient (Wildman–Crippen LogP) is 3.44. The summed E-state index contributed by atoms with van der Waals surface area (Å²) in [4.78, 5) is 28.1. The molecule has 0 aliphatic carbocycles. The van der Waals surface area contributed by atoms with Crippen LogP contribution in [0.5, 0.6) is 0 Å². The first-order valence-corrected chi connectivity index (χ1v) is 6.75. The fourth-order valence-electron chi connectivity index (χ4n) is 2.10. The van der Waals surface area contributed by atoms with Gasteiger partial charge in [0.15, 0.2) is 0 Å². The van der Waals surface area contributed by atoms with Crippen molar-refractivity contribution in [3.05, 3.63) is 64.5 Å². The number of carbonyl (C=O) groups is 2. The Morgan fingerprint density at radius 1 is 1.10 bits per heavy atom. The minimum Gasteiger partial charge on any atom is -0.478 e. The Bertz CT molecular complexity index is 705. The van der Waals surface area contributed by atoms with Gasteiger partial charge in [0.1, 0.15) is 5.69 Å². The van der Waals surface area contributed by atoms with Gasteiger partial charge in [-0.2, -0.15) is 0 Å². The summed E-state index contributed by atoms with van der Waals surface area (Å²) in [6.07, 6.45) is 0. The highest BCUT2D eigenvalue weighted by molar-refractivity contribution is 6.13. The maximum absolute atomic E-state index is 12.5. The van der Waals surface area contributed by atoms with E-state index in [1.807, 2.05) is 13.8 Å². The number of carbonyl (C=O) groups excluding carboxylic acids is 1. The van der Waals surface area contributed by atoms with Gasteiger partial charge >= 0.3 is 5.97 Å². The maximum Gasteiger partial charge on any atom is 0.336 e. The zero-order valence-electron chi connectivity index (χ0n) is 12.3. The number of carboxylic acid groups (broad SMARTS) is 1. The number of ketones is 1. The third-order valence-electron chi connectivity index (χ3n) is 3.31. The molecule has 0 aliphatic rings. The van der Waals surface area contributed by atoms with E-state index in [2.05, 4.69) is 4.98 Å². The molecule has 0 saturated heterocycles. The number of aryl methyl sites for hydroxylation is 1. The van der Waals surface area contributed by atoms with E-state index in [0.29, 0.717) is 0 Å². The lowest BCUT2D eigenvalue weighted by molar-refractivity contribution is 0.0692. The van der Waals surface area contributed by atoms with Crippen LogP contribution < -0.4 is 0 Å². The first-order valence-electron chi connectivity index (χ1n) is 6.75. The van der Waals surface area contributed by atoms with E-state index in [1.165, 1.54) is 0 Å². The second kappa shape index (κ2) is 5.87. The van der Waals surface area contributed by atoms with Crippen molar-refractivity contribution in [3.8, 4) is 0 Å². The van der Waals surface area contributed by atoms with Crippen molar-refractivity contribution in [1.29, 1.82) is 0 Å². The molecule has 0 radical (unpaired) electrons. The number of hydrogen-bond acceptors (Lipinski definition) is 3. The predicted molar refractivity (Wildman–Crippen MR) is 79.9 cm³/mol. The number of rotatable bonds is 4. The average molecular weight is 283 g/mol. The van der Waals surface area contributed by atoms with Crippen molar-refractivity contribution in [2.45, 2.75) is 26.7 Å². The Kier molecular flexibility index (Phi) is 4.17. The fraction of sp³-hybridized carbons (Fsp3) is 0.235. The SMILES string of the molecule is Cc1cccc(C(=O)c2ccc(C(C)C)cc2C(=O)O)n1. The summed E-state index contributed by atoms with van der Waals surface area (Å²) in [5.41, 5.74) is 2.06.